The molecule has 0 radical (unpaired) electrons. The number of nitrogens with zero attached hydrogens (tertiary/aromatic N) is 4. The molecule has 0 N–H and O–H groups in total. The van der Waals surface area contributed by atoms with Gasteiger partial charge in [-0.25, -0.2) is 4.68 Å². The van der Waals surface area contributed by atoms with E-state index >= 15 is 0 Å². The van der Waals surface area contributed by atoms with Crippen LogP contribution in [-0.4, -0.2) is 71.9 Å². The minimum absolute atomic E-state index is 0.0191. The molecule has 2 heterocycles. The molecule has 25 heavy (non-hydrogen) atoms. The Morgan fingerprint density at radius 2 is 1.96 bits per heavy atom. The van der Waals surface area contributed by atoms with E-state index in [1.165, 1.54) is 0 Å². The van der Waals surface area contributed by atoms with Crippen molar-refractivity contribution in [1.29, 1.82) is 0 Å². The fourth-order valence-electron chi connectivity index (χ4n) is 3.09. The SMILES string of the molecule is Cc1ccccc1-n1ncc(C(=O)N(C)CCN2CCOCC2)c1C. The molecule has 0 unspecified atom stereocenters. The molecule has 1 aliphatic heterocycles. The van der Waals surface area contributed by atoms with Gasteiger partial charge in [0.1, 0.15) is 0 Å². The number of carbonyl (C=O) groups excluding carboxylic acids is 1. The summed E-state index contributed by atoms with van der Waals surface area (Å²) in [7, 11) is 1.85. The number of benzene rings is 1. The van der Waals surface area contributed by atoms with Crippen LogP contribution < -0.4 is 0 Å². The van der Waals surface area contributed by atoms with Crippen molar-refractivity contribution in [2.45, 2.75) is 13.8 Å². The Labute approximate surface area is 149 Å². The topological polar surface area (TPSA) is 50.6 Å². The molecule has 1 fully saturated rings. The van der Waals surface area contributed by atoms with E-state index < -0.39 is 0 Å². The molecule has 134 valence electrons. The summed E-state index contributed by atoms with van der Waals surface area (Å²) >= 11 is 0. The number of ether oxygens (including phenoxy) is 1. The van der Waals surface area contributed by atoms with Crippen LogP contribution in [0.25, 0.3) is 5.69 Å². The lowest BCUT2D eigenvalue weighted by atomic mass is 10.2. The van der Waals surface area contributed by atoms with Gasteiger partial charge in [0.05, 0.1) is 36.4 Å². The highest BCUT2D eigenvalue weighted by molar-refractivity contribution is 5.95. The van der Waals surface area contributed by atoms with Gasteiger partial charge in [0.2, 0.25) is 0 Å². The van der Waals surface area contributed by atoms with E-state index in [-0.39, 0.29) is 5.91 Å². The molecule has 0 bridgehead atoms. The maximum Gasteiger partial charge on any atom is 0.257 e. The third-order valence-corrected chi connectivity index (χ3v) is 4.79. The average Bonchev–Trinajstić information content (AvgIpc) is 3.01. The molecule has 6 nitrogen and oxygen atoms in total. The lowest BCUT2D eigenvalue weighted by Gasteiger charge is -2.28. The van der Waals surface area contributed by atoms with Crippen molar-refractivity contribution in [3.05, 3.63) is 47.3 Å². The standard InChI is InChI=1S/C19H26N4O2/c1-15-6-4-5-7-18(15)23-16(2)17(14-20-23)19(24)21(3)8-9-22-10-12-25-13-11-22/h4-7,14H,8-13H2,1-3H3. The van der Waals surface area contributed by atoms with Gasteiger partial charge >= 0.3 is 0 Å². The van der Waals surface area contributed by atoms with Crippen LogP contribution in [0.1, 0.15) is 21.6 Å². The van der Waals surface area contributed by atoms with Gasteiger partial charge in [-0.2, -0.15) is 5.10 Å². The van der Waals surface area contributed by atoms with E-state index in [2.05, 4.69) is 10.00 Å². The van der Waals surface area contributed by atoms with Gasteiger partial charge in [-0.3, -0.25) is 9.69 Å². The summed E-state index contributed by atoms with van der Waals surface area (Å²) in [6.07, 6.45) is 1.68. The van der Waals surface area contributed by atoms with Gasteiger partial charge in [-0.15, -0.1) is 0 Å². The highest BCUT2D eigenvalue weighted by Crippen LogP contribution is 2.18. The molecule has 1 aromatic heterocycles. The number of hydrogen-bond acceptors (Lipinski definition) is 4. The van der Waals surface area contributed by atoms with E-state index in [9.17, 15) is 4.79 Å². The summed E-state index contributed by atoms with van der Waals surface area (Å²) in [6, 6.07) is 8.06. The molecular weight excluding hydrogens is 316 g/mol. The number of rotatable bonds is 5. The smallest absolute Gasteiger partial charge is 0.257 e. The van der Waals surface area contributed by atoms with E-state index in [0.717, 1.165) is 49.8 Å². The van der Waals surface area contributed by atoms with Crippen LogP contribution in [-0.2, 0) is 4.74 Å². The largest absolute Gasteiger partial charge is 0.379 e. The first-order valence-corrected chi connectivity index (χ1v) is 8.74. The van der Waals surface area contributed by atoms with Crippen LogP contribution in [0.5, 0.6) is 0 Å². The fourth-order valence-corrected chi connectivity index (χ4v) is 3.09. The molecule has 0 aliphatic carbocycles. The van der Waals surface area contributed by atoms with Crippen LogP contribution in [0.3, 0.4) is 0 Å². The van der Waals surface area contributed by atoms with Crippen molar-refractivity contribution in [2.75, 3.05) is 46.4 Å². The minimum atomic E-state index is 0.0191. The maximum absolute atomic E-state index is 12.8. The second kappa shape index (κ2) is 7.80. The summed E-state index contributed by atoms with van der Waals surface area (Å²) in [6.45, 7) is 9.00. The number of aromatic nitrogens is 2. The first kappa shape index (κ1) is 17.6. The van der Waals surface area contributed by atoms with Gasteiger partial charge in [0.25, 0.3) is 5.91 Å². The van der Waals surface area contributed by atoms with Crippen LogP contribution in [0.15, 0.2) is 30.5 Å². The highest BCUT2D eigenvalue weighted by Gasteiger charge is 2.20. The van der Waals surface area contributed by atoms with Crippen molar-refractivity contribution in [3.63, 3.8) is 0 Å². The molecule has 1 aliphatic rings. The van der Waals surface area contributed by atoms with E-state index in [4.69, 9.17) is 4.74 Å². The van der Waals surface area contributed by atoms with Crippen molar-refractivity contribution in [3.8, 4) is 5.69 Å². The third kappa shape index (κ3) is 3.91. The normalized spacial score (nSPS) is 15.3. The number of amides is 1. The quantitative estimate of drug-likeness (QED) is 0.833. The first-order chi connectivity index (χ1) is 12.1. The van der Waals surface area contributed by atoms with Gasteiger partial charge in [0, 0.05) is 33.2 Å². The van der Waals surface area contributed by atoms with E-state index in [1.807, 2.05) is 49.8 Å². The van der Waals surface area contributed by atoms with Gasteiger partial charge in [0.15, 0.2) is 0 Å². The van der Waals surface area contributed by atoms with Gasteiger partial charge in [-0.1, -0.05) is 18.2 Å². The highest BCUT2D eigenvalue weighted by atomic mass is 16.5. The number of morpholine rings is 1. The van der Waals surface area contributed by atoms with Gasteiger partial charge < -0.3 is 9.64 Å². The zero-order valence-corrected chi connectivity index (χ0v) is 15.2. The predicted octanol–water partition coefficient (Wildman–Crippen LogP) is 1.89. The lowest BCUT2D eigenvalue weighted by molar-refractivity contribution is 0.0338. The molecule has 3 rings (SSSR count). The third-order valence-electron chi connectivity index (χ3n) is 4.79. The number of hydrogen-bond donors (Lipinski definition) is 0. The minimum Gasteiger partial charge on any atom is -0.379 e. The molecule has 0 atom stereocenters. The number of likely N-dealkylation sites (N-methyl/N-ethyl adjacent to an activating group) is 1. The average molecular weight is 342 g/mol. The number of aryl methyl sites for hydroxylation is 1. The Morgan fingerprint density at radius 1 is 1.24 bits per heavy atom. The molecule has 6 heteroatoms. The Bertz CT molecular complexity index is 735. The van der Waals surface area contributed by atoms with E-state index in [0.29, 0.717) is 12.1 Å². The molecule has 0 spiro atoms. The Balaban J connectivity index is 1.69. The molecular formula is C19H26N4O2. The molecule has 1 saturated heterocycles. The Kier molecular flexibility index (Phi) is 5.50. The van der Waals surface area contributed by atoms with Crippen LogP contribution >= 0.6 is 0 Å². The summed E-state index contributed by atoms with van der Waals surface area (Å²) in [5, 5.41) is 4.44. The second-order valence-corrected chi connectivity index (χ2v) is 6.52. The van der Waals surface area contributed by atoms with Crippen LogP contribution in [0, 0.1) is 13.8 Å². The van der Waals surface area contributed by atoms with Crippen LogP contribution in [0.2, 0.25) is 0 Å². The summed E-state index contributed by atoms with van der Waals surface area (Å²) in [4.78, 5) is 16.9. The maximum atomic E-state index is 12.8. The van der Waals surface area contributed by atoms with Crippen molar-refractivity contribution in [1.82, 2.24) is 19.6 Å². The monoisotopic (exact) mass is 342 g/mol. The van der Waals surface area contributed by atoms with Crippen molar-refractivity contribution >= 4 is 5.91 Å². The number of para-hydroxylation sites is 1. The summed E-state index contributed by atoms with van der Waals surface area (Å²) in [5.41, 5.74) is 3.67. The van der Waals surface area contributed by atoms with E-state index in [1.54, 1.807) is 11.1 Å². The second-order valence-electron chi connectivity index (χ2n) is 6.52. The zero-order valence-electron chi connectivity index (χ0n) is 15.2. The summed E-state index contributed by atoms with van der Waals surface area (Å²) in [5.74, 6) is 0.0191. The zero-order chi connectivity index (χ0) is 17.8. The molecule has 1 amide bonds. The lowest BCUT2D eigenvalue weighted by Crippen LogP contribution is -2.42. The Morgan fingerprint density at radius 3 is 2.68 bits per heavy atom. The van der Waals surface area contributed by atoms with Gasteiger partial charge in [-0.05, 0) is 25.5 Å². The number of carbonyl (C=O) groups is 1. The fraction of sp³-hybridized carbons (Fsp3) is 0.474. The van der Waals surface area contributed by atoms with Crippen molar-refractivity contribution in [2.24, 2.45) is 0 Å². The van der Waals surface area contributed by atoms with Crippen LogP contribution in [0.4, 0.5) is 0 Å². The Hall–Kier alpha value is -2.18. The predicted molar refractivity (Wildman–Crippen MR) is 97.3 cm³/mol. The first-order valence-electron chi connectivity index (χ1n) is 8.74. The molecule has 2 aromatic rings. The molecule has 1 aromatic carbocycles. The molecule has 0 saturated carbocycles. The van der Waals surface area contributed by atoms with Crippen molar-refractivity contribution < 1.29 is 9.53 Å². The summed E-state index contributed by atoms with van der Waals surface area (Å²) < 4.78 is 7.21.